The minimum Gasteiger partial charge on any atom is -0.490 e. The van der Waals surface area contributed by atoms with Crippen LogP contribution < -0.4 is 9.47 Å². The van der Waals surface area contributed by atoms with E-state index in [1.807, 2.05) is 19.2 Å². The summed E-state index contributed by atoms with van der Waals surface area (Å²) >= 11 is 1.53. The summed E-state index contributed by atoms with van der Waals surface area (Å²) < 4.78 is 11.0. The molecule has 0 bridgehead atoms. The van der Waals surface area contributed by atoms with Crippen LogP contribution in [-0.4, -0.2) is 22.7 Å². The zero-order chi connectivity index (χ0) is 14.5. The van der Waals surface area contributed by atoms with Crippen LogP contribution in [0.25, 0.3) is 0 Å². The topological polar surface area (TPSA) is 68.7 Å². The minimum absolute atomic E-state index is 0.0860. The Morgan fingerprint density at radius 2 is 2.20 bits per heavy atom. The van der Waals surface area contributed by atoms with Crippen LogP contribution in [-0.2, 0) is 6.61 Å². The maximum atomic E-state index is 11.2. The number of thiazole rings is 1. The Balaban J connectivity index is 2.25. The molecule has 0 radical (unpaired) electrons. The molecule has 1 N–H and O–H groups in total. The van der Waals surface area contributed by atoms with Crippen LogP contribution >= 0.6 is 11.3 Å². The van der Waals surface area contributed by atoms with E-state index in [0.717, 1.165) is 10.7 Å². The van der Waals surface area contributed by atoms with Gasteiger partial charge in [-0.05, 0) is 26.0 Å². The summed E-state index contributed by atoms with van der Waals surface area (Å²) in [6, 6.07) is 4.82. The second-order valence-electron chi connectivity index (χ2n) is 4.02. The molecule has 0 aliphatic carbocycles. The summed E-state index contributed by atoms with van der Waals surface area (Å²) in [6.45, 7) is 4.40. The van der Waals surface area contributed by atoms with Gasteiger partial charge in [0.05, 0.1) is 17.3 Å². The van der Waals surface area contributed by atoms with Crippen molar-refractivity contribution in [3.63, 3.8) is 0 Å². The van der Waals surface area contributed by atoms with Crippen molar-refractivity contribution in [3.05, 3.63) is 39.8 Å². The van der Waals surface area contributed by atoms with Crippen molar-refractivity contribution < 1.29 is 19.4 Å². The molecule has 0 aliphatic rings. The summed E-state index contributed by atoms with van der Waals surface area (Å²) in [5.41, 5.74) is 0.859. The third kappa shape index (κ3) is 3.27. The van der Waals surface area contributed by atoms with Gasteiger partial charge in [-0.2, -0.15) is 0 Å². The van der Waals surface area contributed by atoms with Gasteiger partial charge in [-0.3, -0.25) is 0 Å². The molecule has 1 aromatic carbocycles. The Morgan fingerprint density at radius 1 is 1.40 bits per heavy atom. The molecule has 2 rings (SSSR count). The Kier molecular flexibility index (Phi) is 4.57. The van der Waals surface area contributed by atoms with E-state index in [-0.39, 0.29) is 17.9 Å². The lowest BCUT2D eigenvalue weighted by molar-refractivity contribution is 0.0690. The SMILES string of the molecule is CCOc1cccc(C(=O)O)c1OCc1csc(C)n1. The van der Waals surface area contributed by atoms with Crippen molar-refractivity contribution in [1.82, 2.24) is 4.98 Å². The van der Waals surface area contributed by atoms with Crippen molar-refractivity contribution in [1.29, 1.82) is 0 Å². The van der Waals surface area contributed by atoms with Gasteiger partial charge in [0, 0.05) is 5.38 Å². The van der Waals surface area contributed by atoms with Gasteiger partial charge >= 0.3 is 5.97 Å². The van der Waals surface area contributed by atoms with Gasteiger partial charge in [0.25, 0.3) is 0 Å². The fraction of sp³-hybridized carbons (Fsp3) is 0.286. The van der Waals surface area contributed by atoms with Crippen LogP contribution in [0.4, 0.5) is 0 Å². The average Bonchev–Trinajstić information content (AvgIpc) is 2.83. The zero-order valence-corrected chi connectivity index (χ0v) is 12.1. The molecule has 0 saturated carbocycles. The zero-order valence-electron chi connectivity index (χ0n) is 11.3. The lowest BCUT2D eigenvalue weighted by Gasteiger charge is -2.13. The fourth-order valence-electron chi connectivity index (χ4n) is 1.72. The standard InChI is InChI=1S/C14H15NO4S/c1-3-18-12-6-4-5-11(14(16)17)13(12)19-7-10-8-20-9(2)15-10/h4-6,8H,3,7H2,1-2H3,(H,16,17). The molecule has 0 amide bonds. The predicted molar refractivity (Wildman–Crippen MR) is 75.8 cm³/mol. The van der Waals surface area contributed by atoms with E-state index in [9.17, 15) is 9.90 Å². The van der Waals surface area contributed by atoms with Gasteiger partial charge in [-0.15, -0.1) is 11.3 Å². The quantitative estimate of drug-likeness (QED) is 0.886. The second kappa shape index (κ2) is 6.38. The number of carboxylic acids is 1. The van der Waals surface area contributed by atoms with E-state index >= 15 is 0 Å². The van der Waals surface area contributed by atoms with Gasteiger partial charge in [0.2, 0.25) is 0 Å². The summed E-state index contributed by atoms with van der Waals surface area (Å²) in [7, 11) is 0. The van der Waals surface area contributed by atoms with E-state index < -0.39 is 5.97 Å². The minimum atomic E-state index is -1.05. The predicted octanol–water partition coefficient (Wildman–Crippen LogP) is 3.13. The van der Waals surface area contributed by atoms with Crippen LogP contribution in [0.3, 0.4) is 0 Å². The van der Waals surface area contributed by atoms with Gasteiger partial charge < -0.3 is 14.6 Å². The molecule has 0 fully saturated rings. The Morgan fingerprint density at radius 3 is 2.80 bits per heavy atom. The Hall–Kier alpha value is -2.08. The first kappa shape index (κ1) is 14.3. The van der Waals surface area contributed by atoms with Crippen LogP contribution in [0.2, 0.25) is 0 Å². The number of ether oxygens (including phenoxy) is 2. The maximum Gasteiger partial charge on any atom is 0.339 e. The summed E-state index contributed by atoms with van der Waals surface area (Å²) in [5.74, 6) is -0.372. The first-order valence-electron chi connectivity index (χ1n) is 6.14. The summed E-state index contributed by atoms with van der Waals surface area (Å²) in [5, 5.41) is 12.0. The highest BCUT2D eigenvalue weighted by Crippen LogP contribution is 2.32. The highest BCUT2D eigenvalue weighted by atomic mass is 32.1. The number of rotatable bonds is 6. The first-order chi connectivity index (χ1) is 9.61. The lowest BCUT2D eigenvalue weighted by atomic mass is 10.2. The average molecular weight is 293 g/mol. The molecular weight excluding hydrogens is 278 g/mol. The number of aromatic carboxylic acids is 1. The van der Waals surface area contributed by atoms with E-state index in [0.29, 0.717) is 12.4 Å². The van der Waals surface area contributed by atoms with Crippen LogP contribution in [0, 0.1) is 6.92 Å². The smallest absolute Gasteiger partial charge is 0.339 e. The van der Waals surface area contributed by atoms with Gasteiger partial charge in [0.15, 0.2) is 11.5 Å². The number of aryl methyl sites for hydroxylation is 1. The molecule has 0 unspecified atom stereocenters. The molecule has 6 heteroatoms. The molecule has 0 saturated heterocycles. The van der Waals surface area contributed by atoms with Crippen molar-refractivity contribution in [2.45, 2.75) is 20.5 Å². The number of carboxylic acid groups (broad SMARTS) is 1. The molecule has 20 heavy (non-hydrogen) atoms. The highest BCUT2D eigenvalue weighted by Gasteiger charge is 2.17. The largest absolute Gasteiger partial charge is 0.490 e. The van der Waals surface area contributed by atoms with Crippen LogP contribution in [0.1, 0.15) is 28.0 Å². The number of para-hydroxylation sites is 1. The molecule has 106 valence electrons. The monoisotopic (exact) mass is 293 g/mol. The van der Waals surface area contributed by atoms with E-state index in [2.05, 4.69) is 4.98 Å². The third-order valence-corrected chi connectivity index (χ3v) is 3.36. The third-order valence-electron chi connectivity index (χ3n) is 2.54. The van der Waals surface area contributed by atoms with Crippen molar-refractivity contribution in [2.24, 2.45) is 0 Å². The molecule has 5 nitrogen and oxygen atoms in total. The molecule has 0 spiro atoms. The number of nitrogens with zero attached hydrogens (tertiary/aromatic N) is 1. The molecule has 2 aromatic rings. The van der Waals surface area contributed by atoms with Crippen molar-refractivity contribution >= 4 is 17.3 Å². The number of hydrogen-bond acceptors (Lipinski definition) is 5. The molecular formula is C14H15NO4S. The normalized spacial score (nSPS) is 10.3. The number of benzene rings is 1. The Labute approximate surface area is 120 Å². The lowest BCUT2D eigenvalue weighted by Crippen LogP contribution is -2.06. The summed E-state index contributed by atoms with van der Waals surface area (Å²) in [4.78, 5) is 15.5. The highest BCUT2D eigenvalue weighted by molar-refractivity contribution is 7.09. The molecule has 1 heterocycles. The van der Waals surface area contributed by atoms with E-state index in [4.69, 9.17) is 9.47 Å². The number of carbonyl (C=O) groups is 1. The molecule has 0 aliphatic heterocycles. The Bertz CT molecular complexity index is 609. The van der Waals surface area contributed by atoms with Crippen LogP contribution in [0.15, 0.2) is 23.6 Å². The molecule has 0 atom stereocenters. The number of hydrogen-bond donors (Lipinski definition) is 1. The maximum absolute atomic E-state index is 11.2. The van der Waals surface area contributed by atoms with Gasteiger partial charge in [0.1, 0.15) is 12.2 Å². The van der Waals surface area contributed by atoms with Crippen molar-refractivity contribution in [3.8, 4) is 11.5 Å². The van der Waals surface area contributed by atoms with Crippen LogP contribution in [0.5, 0.6) is 11.5 Å². The fourth-order valence-corrected chi connectivity index (χ4v) is 2.32. The first-order valence-corrected chi connectivity index (χ1v) is 7.02. The summed E-state index contributed by atoms with van der Waals surface area (Å²) in [6.07, 6.45) is 0. The van der Waals surface area contributed by atoms with E-state index in [1.165, 1.54) is 17.4 Å². The van der Waals surface area contributed by atoms with Gasteiger partial charge in [-0.1, -0.05) is 6.07 Å². The van der Waals surface area contributed by atoms with Gasteiger partial charge in [-0.25, -0.2) is 9.78 Å². The van der Waals surface area contributed by atoms with Crippen molar-refractivity contribution in [2.75, 3.05) is 6.61 Å². The number of aromatic nitrogens is 1. The second-order valence-corrected chi connectivity index (χ2v) is 5.08. The van der Waals surface area contributed by atoms with E-state index in [1.54, 1.807) is 12.1 Å². The molecule has 1 aromatic heterocycles.